The average Bonchev–Trinajstić information content (AvgIpc) is 3.17. The van der Waals surface area contributed by atoms with Gasteiger partial charge in [-0.25, -0.2) is 0 Å². The highest BCUT2D eigenvalue weighted by Crippen LogP contribution is 2.19. The highest BCUT2D eigenvalue weighted by Gasteiger charge is 2.21. The van der Waals surface area contributed by atoms with Gasteiger partial charge < -0.3 is 10.1 Å². The van der Waals surface area contributed by atoms with Crippen LogP contribution < -0.4 is 10.1 Å². The van der Waals surface area contributed by atoms with Crippen LogP contribution in [-0.2, 0) is 11.3 Å². The highest BCUT2D eigenvalue weighted by atomic mass is 35.5. The third kappa shape index (κ3) is 4.62. The quantitative estimate of drug-likeness (QED) is 0.675. The third-order valence-electron chi connectivity index (χ3n) is 4.10. The summed E-state index contributed by atoms with van der Waals surface area (Å²) in [5.41, 5.74) is 1.74. The first-order valence-electron chi connectivity index (χ1n) is 8.56. The van der Waals surface area contributed by atoms with Crippen molar-refractivity contribution in [3.05, 3.63) is 59.1 Å². The number of amides is 1. The standard InChI is InChI=1S/C19H20ClN5O2/c1-3-17(19(26)21-12-13-5-4-6-16(11-13)27-2)25-23-18(22-24-25)14-7-9-15(20)10-8-14/h4-11,17H,3,12H2,1-2H3,(H,21,26). The number of rotatable bonds is 7. The summed E-state index contributed by atoms with van der Waals surface area (Å²) in [6, 6.07) is 14.2. The number of hydrogen-bond donors (Lipinski definition) is 1. The van der Waals surface area contributed by atoms with Gasteiger partial charge in [0.1, 0.15) is 5.75 Å². The van der Waals surface area contributed by atoms with Gasteiger partial charge >= 0.3 is 0 Å². The molecule has 1 atom stereocenters. The second-order valence-electron chi connectivity index (χ2n) is 5.93. The van der Waals surface area contributed by atoms with E-state index in [9.17, 15) is 4.79 Å². The second kappa shape index (κ2) is 8.64. The Morgan fingerprint density at radius 2 is 2.04 bits per heavy atom. The minimum atomic E-state index is -0.538. The summed E-state index contributed by atoms with van der Waals surface area (Å²) in [6.07, 6.45) is 0.542. The molecule has 1 amide bonds. The molecule has 0 aliphatic carbocycles. The fraction of sp³-hybridized carbons (Fsp3) is 0.263. The number of tetrazole rings is 1. The minimum Gasteiger partial charge on any atom is -0.497 e. The van der Waals surface area contributed by atoms with Gasteiger partial charge in [0.15, 0.2) is 6.04 Å². The van der Waals surface area contributed by atoms with Gasteiger partial charge in [0, 0.05) is 17.1 Å². The molecule has 7 nitrogen and oxygen atoms in total. The van der Waals surface area contributed by atoms with E-state index in [1.165, 1.54) is 4.80 Å². The van der Waals surface area contributed by atoms with Crippen molar-refractivity contribution in [1.82, 2.24) is 25.5 Å². The van der Waals surface area contributed by atoms with Gasteiger partial charge in [-0.1, -0.05) is 30.7 Å². The molecule has 0 saturated carbocycles. The van der Waals surface area contributed by atoms with Crippen molar-refractivity contribution in [2.75, 3.05) is 7.11 Å². The van der Waals surface area contributed by atoms with Gasteiger partial charge in [-0.2, -0.15) is 4.80 Å². The molecule has 0 spiro atoms. The molecule has 2 aromatic carbocycles. The van der Waals surface area contributed by atoms with Crippen molar-refractivity contribution in [3.8, 4) is 17.1 Å². The lowest BCUT2D eigenvalue weighted by molar-refractivity contribution is -0.125. The van der Waals surface area contributed by atoms with Crippen LogP contribution in [0.3, 0.4) is 0 Å². The molecular weight excluding hydrogens is 366 g/mol. The number of carbonyl (C=O) groups excluding carboxylic acids is 1. The second-order valence-corrected chi connectivity index (χ2v) is 6.37. The molecule has 140 valence electrons. The van der Waals surface area contributed by atoms with Crippen LogP contribution in [0.4, 0.5) is 0 Å². The van der Waals surface area contributed by atoms with Crippen molar-refractivity contribution < 1.29 is 9.53 Å². The predicted octanol–water partition coefficient (Wildman–Crippen LogP) is 3.27. The van der Waals surface area contributed by atoms with E-state index >= 15 is 0 Å². The van der Waals surface area contributed by atoms with Gasteiger partial charge in [0.25, 0.3) is 0 Å². The number of halogens is 1. The minimum absolute atomic E-state index is 0.166. The predicted molar refractivity (Wildman–Crippen MR) is 102 cm³/mol. The molecule has 0 bridgehead atoms. The first kappa shape index (κ1) is 18.8. The van der Waals surface area contributed by atoms with E-state index in [0.29, 0.717) is 23.8 Å². The van der Waals surface area contributed by atoms with Gasteiger partial charge in [0.05, 0.1) is 7.11 Å². The van der Waals surface area contributed by atoms with Crippen LogP contribution >= 0.6 is 11.6 Å². The molecule has 0 aliphatic rings. The monoisotopic (exact) mass is 385 g/mol. The smallest absolute Gasteiger partial charge is 0.247 e. The molecular formula is C19H20ClN5O2. The number of nitrogens with one attached hydrogen (secondary N) is 1. The Labute approximate surface area is 162 Å². The summed E-state index contributed by atoms with van der Waals surface area (Å²) in [5.74, 6) is 1.03. The Hall–Kier alpha value is -2.93. The molecule has 1 unspecified atom stereocenters. The maximum atomic E-state index is 12.6. The summed E-state index contributed by atoms with van der Waals surface area (Å²) < 4.78 is 5.20. The number of nitrogens with zero attached hydrogens (tertiary/aromatic N) is 4. The summed E-state index contributed by atoms with van der Waals surface area (Å²) in [5, 5.41) is 16.0. The number of carbonyl (C=O) groups is 1. The molecule has 3 rings (SSSR count). The Bertz CT molecular complexity index is 910. The van der Waals surface area contributed by atoms with Gasteiger partial charge in [0.2, 0.25) is 11.7 Å². The number of ether oxygens (including phenoxy) is 1. The fourth-order valence-electron chi connectivity index (χ4n) is 2.61. The van der Waals surface area contributed by atoms with Crippen LogP contribution in [0.5, 0.6) is 5.75 Å². The van der Waals surface area contributed by atoms with E-state index in [2.05, 4.69) is 20.7 Å². The zero-order chi connectivity index (χ0) is 19.2. The molecule has 1 heterocycles. The van der Waals surface area contributed by atoms with E-state index in [0.717, 1.165) is 16.9 Å². The zero-order valence-electron chi connectivity index (χ0n) is 15.1. The van der Waals surface area contributed by atoms with Crippen LogP contribution in [-0.4, -0.2) is 33.2 Å². The first-order chi connectivity index (χ1) is 13.1. The topological polar surface area (TPSA) is 81.9 Å². The van der Waals surface area contributed by atoms with Crippen molar-refractivity contribution in [3.63, 3.8) is 0 Å². The molecule has 8 heteroatoms. The normalized spacial score (nSPS) is 11.8. The summed E-state index contributed by atoms with van der Waals surface area (Å²) >= 11 is 5.90. The van der Waals surface area contributed by atoms with E-state index < -0.39 is 6.04 Å². The SMILES string of the molecule is CCC(C(=O)NCc1cccc(OC)c1)n1nnc(-c2ccc(Cl)cc2)n1. The lowest BCUT2D eigenvalue weighted by Gasteiger charge is -2.13. The fourth-order valence-corrected chi connectivity index (χ4v) is 2.74. The van der Waals surface area contributed by atoms with Crippen molar-refractivity contribution in [2.24, 2.45) is 0 Å². The number of benzene rings is 2. The van der Waals surface area contributed by atoms with Crippen LogP contribution in [0.25, 0.3) is 11.4 Å². The van der Waals surface area contributed by atoms with Crippen LogP contribution in [0.1, 0.15) is 24.9 Å². The molecule has 3 aromatic rings. The van der Waals surface area contributed by atoms with Crippen molar-refractivity contribution in [2.45, 2.75) is 25.9 Å². The van der Waals surface area contributed by atoms with Gasteiger partial charge in [-0.15, -0.1) is 10.2 Å². The van der Waals surface area contributed by atoms with Gasteiger partial charge in [-0.05, 0) is 53.6 Å². The van der Waals surface area contributed by atoms with Gasteiger partial charge in [-0.3, -0.25) is 4.79 Å². The van der Waals surface area contributed by atoms with Crippen LogP contribution in [0, 0.1) is 0 Å². The number of aromatic nitrogens is 4. The lowest BCUT2D eigenvalue weighted by Crippen LogP contribution is -2.33. The summed E-state index contributed by atoms with van der Waals surface area (Å²) in [4.78, 5) is 14.0. The number of methoxy groups -OCH3 is 1. The third-order valence-corrected chi connectivity index (χ3v) is 4.35. The van der Waals surface area contributed by atoms with Crippen molar-refractivity contribution in [1.29, 1.82) is 0 Å². The molecule has 1 aromatic heterocycles. The Kier molecular flexibility index (Phi) is 6.03. The van der Waals surface area contributed by atoms with Crippen LogP contribution in [0.15, 0.2) is 48.5 Å². The van der Waals surface area contributed by atoms with E-state index in [1.54, 1.807) is 19.2 Å². The molecule has 1 N–H and O–H groups in total. The molecule has 0 saturated heterocycles. The summed E-state index contributed by atoms with van der Waals surface area (Å²) in [6.45, 7) is 2.30. The van der Waals surface area contributed by atoms with E-state index in [1.807, 2.05) is 43.3 Å². The number of hydrogen-bond acceptors (Lipinski definition) is 5. The van der Waals surface area contributed by atoms with Crippen molar-refractivity contribution >= 4 is 17.5 Å². The largest absolute Gasteiger partial charge is 0.497 e. The molecule has 0 aliphatic heterocycles. The summed E-state index contributed by atoms with van der Waals surface area (Å²) in [7, 11) is 1.61. The van der Waals surface area contributed by atoms with E-state index in [-0.39, 0.29) is 5.91 Å². The maximum Gasteiger partial charge on any atom is 0.247 e. The molecule has 0 fully saturated rings. The van der Waals surface area contributed by atoms with E-state index in [4.69, 9.17) is 16.3 Å². The molecule has 27 heavy (non-hydrogen) atoms. The average molecular weight is 386 g/mol. The Morgan fingerprint density at radius 1 is 1.26 bits per heavy atom. The zero-order valence-corrected chi connectivity index (χ0v) is 15.8. The van der Waals surface area contributed by atoms with Crippen LogP contribution in [0.2, 0.25) is 5.02 Å². The lowest BCUT2D eigenvalue weighted by atomic mass is 10.2. The Morgan fingerprint density at radius 3 is 2.74 bits per heavy atom. The molecule has 0 radical (unpaired) electrons. The first-order valence-corrected chi connectivity index (χ1v) is 8.94. The maximum absolute atomic E-state index is 12.6. The highest BCUT2D eigenvalue weighted by molar-refractivity contribution is 6.30. The Balaban J connectivity index is 1.68.